The molecule has 4 nitrogen and oxygen atoms in total. The quantitative estimate of drug-likeness (QED) is 0.818. The summed E-state index contributed by atoms with van der Waals surface area (Å²) < 4.78 is 39.3. The fourth-order valence-electron chi connectivity index (χ4n) is 1.77. The van der Waals surface area contributed by atoms with Gasteiger partial charge in [-0.2, -0.15) is 0 Å². The van der Waals surface area contributed by atoms with E-state index in [4.69, 9.17) is 5.11 Å². The topological polar surface area (TPSA) is 66.4 Å². The number of amides is 1. The Morgan fingerprint density at radius 3 is 2.15 bits per heavy atom. The van der Waals surface area contributed by atoms with Crippen molar-refractivity contribution in [2.24, 2.45) is 0 Å². The van der Waals surface area contributed by atoms with Gasteiger partial charge in [0.05, 0.1) is 5.56 Å². The minimum Gasteiger partial charge on any atom is -0.480 e. The molecule has 0 bridgehead atoms. The van der Waals surface area contributed by atoms with Crippen molar-refractivity contribution < 1.29 is 27.9 Å². The summed E-state index contributed by atoms with van der Waals surface area (Å²) in [6.07, 6.45) is 0.131. The summed E-state index contributed by atoms with van der Waals surface area (Å²) in [5.74, 6) is -7.22. The number of rotatable bonds is 5. The standard InChI is InChI=1S/C13H14F3NO3/c1-3-13(4-2,12(19)20)17-11(18)7-5-6-8(14)10(16)9(7)15/h5-6H,3-4H2,1-2H3,(H,17,18)(H,19,20). The lowest BCUT2D eigenvalue weighted by molar-refractivity contribution is -0.144. The van der Waals surface area contributed by atoms with Crippen LogP contribution in [0.4, 0.5) is 13.2 Å². The third-order valence-corrected chi connectivity index (χ3v) is 3.25. The Balaban J connectivity index is 3.14. The highest BCUT2D eigenvalue weighted by atomic mass is 19.2. The highest BCUT2D eigenvalue weighted by Crippen LogP contribution is 2.19. The van der Waals surface area contributed by atoms with Crippen molar-refractivity contribution in [2.75, 3.05) is 0 Å². The van der Waals surface area contributed by atoms with Gasteiger partial charge >= 0.3 is 5.97 Å². The van der Waals surface area contributed by atoms with E-state index in [1.54, 1.807) is 13.8 Å². The summed E-state index contributed by atoms with van der Waals surface area (Å²) in [5.41, 5.74) is -2.31. The first-order chi connectivity index (χ1) is 9.29. The summed E-state index contributed by atoms with van der Waals surface area (Å²) in [4.78, 5) is 23.1. The molecule has 0 fully saturated rings. The van der Waals surface area contributed by atoms with E-state index in [0.717, 1.165) is 6.07 Å². The maximum Gasteiger partial charge on any atom is 0.329 e. The zero-order chi connectivity index (χ0) is 15.5. The predicted molar refractivity (Wildman–Crippen MR) is 64.7 cm³/mol. The van der Waals surface area contributed by atoms with E-state index in [0.29, 0.717) is 6.07 Å². The number of benzene rings is 1. The second-order valence-electron chi connectivity index (χ2n) is 4.27. The summed E-state index contributed by atoms with van der Waals surface area (Å²) in [7, 11) is 0. The first kappa shape index (κ1) is 16.0. The number of carboxylic acids is 1. The molecular weight excluding hydrogens is 275 g/mol. The molecule has 1 rings (SSSR count). The Morgan fingerprint density at radius 2 is 1.70 bits per heavy atom. The molecule has 0 aliphatic heterocycles. The fourth-order valence-corrected chi connectivity index (χ4v) is 1.77. The van der Waals surface area contributed by atoms with Gasteiger partial charge < -0.3 is 10.4 Å². The molecule has 0 saturated carbocycles. The number of carbonyl (C=O) groups excluding carboxylic acids is 1. The van der Waals surface area contributed by atoms with Gasteiger partial charge in [-0.15, -0.1) is 0 Å². The van der Waals surface area contributed by atoms with E-state index in [1.165, 1.54) is 0 Å². The summed E-state index contributed by atoms with van der Waals surface area (Å²) in [6, 6.07) is 1.37. The smallest absolute Gasteiger partial charge is 0.329 e. The second kappa shape index (κ2) is 5.94. The van der Waals surface area contributed by atoms with Crippen LogP contribution in [0.5, 0.6) is 0 Å². The van der Waals surface area contributed by atoms with Crippen molar-refractivity contribution in [3.8, 4) is 0 Å². The van der Waals surface area contributed by atoms with Crippen LogP contribution in [0.2, 0.25) is 0 Å². The number of carboxylic acid groups (broad SMARTS) is 1. The van der Waals surface area contributed by atoms with Crippen LogP contribution >= 0.6 is 0 Å². The molecule has 0 aliphatic rings. The summed E-state index contributed by atoms with van der Waals surface area (Å²) >= 11 is 0. The molecule has 0 spiro atoms. The maximum absolute atomic E-state index is 13.5. The lowest BCUT2D eigenvalue weighted by atomic mass is 9.92. The van der Waals surface area contributed by atoms with Crippen molar-refractivity contribution >= 4 is 11.9 Å². The molecule has 1 amide bonds. The number of carbonyl (C=O) groups is 2. The number of nitrogens with one attached hydrogen (secondary N) is 1. The van der Waals surface area contributed by atoms with E-state index in [1.807, 2.05) is 0 Å². The third kappa shape index (κ3) is 2.76. The highest BCUT2D eigenvalue weighted by molar-refractivity contribution is 5.98. The fraction of sp³-hybridized carbons (Fsp3) is 0.385. The Labute approximate surface area is 113 Å². The average molecular weight is 289 g/mol. The van der Waals surface area contributed by atoms with Gasteiger partial charge in [-0.05, 0) is 25.0 Å². The first-order valence-corrected chi connectivity index (χ1v) is 5.98. The van der Waals surface area contributed by atoms with Crippen molar-refractivity contribution in [1.82, 2.24) is 5.32 Å². The van der Waals surface area contributed by atoms with Gasteiger partial charge in [-0.3, -0.25) is 4.79 Å². The second-order valence-corrected chi connectivity index (χ2v) is 4.27. The number of hydrogen-bond acceptors (Lipinski definition) is 2. The minimum absolute atomic E-state index is 0.0653. The van der Waals surface area contributed by atoms with E-state index in [9.17, 15) is 22.8 Å². The number of aliphatic carboxylic acids is 1. The van der Waals surface area contributed by atoms with E-state index >= 15 is 0 Å². The molecule has 1 aromatic carbocycles. The predicted octanol–water partition coefficient (Wildman–Crippen LogP) is 2.48. The van der Waals surface area contributed by atoms with Crippen molar-refractivity contribution in [3.63, 3.8) is 0 Å². The van der Waals surface area contributed by atoms with Gasteiger partial charge in [-0.1, -0.05) is 13.8 Å². The van der Waals surface area contributed by atoms with Crippen LogP contribution in [0.15, 0.2) is 12.1 Å². The van der Waals surface area contributed by atoms with Gasteiger partial charge in [0.1, 0.15) is 5.54 Å². The van der Waals surface area contributed by atoms with Crippen molar-refractivity contribution in [1.29, 1.82) is 0 Å². The van der Waals surface area contributed by atoms with Crippen LogP contribution < -0.4 is 5.32 Å². The largest absolute Gasteiger partial charge is 0.480 e. The molecule has 0 saturated heterocycles. The molecule has 2 N–H and O–H groups in total. The maximum atomic E-state index is 13.5. The lowest BCUT2D eigenvalue weighted by Gasteiger charge is -2.28. The van der Waals surface area contributed by atoms with Crippen LogP contribution in [0.3, 0.4) is 0 Å². The zero-order valence-electron chi connectivity index (χ0n) is 11.0. The Morgan fingerprint density at radius 1 is 1.15 bits per heavy atom. The average Bonchev–Trinajstić information content (AvgIpc) is 2.41. The molecule has 0 heterocycles. The van der Waals surface area contributed by atoms with Crippen LogP contribution in [0.25, 0.3) is 0 Å². The Hall–Kier alpha value is -2.05. The van der Waals surface area contributed by atoms with Crippen molar-refractivity contribution in [3.05, 3.63) is 35.1 Å². The van der Waals surface area contributed by atoms with Crippen LogP contribution in [-0.4, -0.2) is 22.5 Å². The molecule has 0 unspecified atom stereocenters. The summed E-state index contributed by atoms with van der Waals surface area (Å²) in [6.45, 7) is 3.08. The van der Waals surface area contributed by atoms with E-state index < -0.39 is 40.4 Å². The van der Waals surface area contributed by atoms with Gasteiger partial charge in [0, 0.05) is 0 Å². The molecule has 0 radical (unpaired) electrons. The van der Waals surface area contributed by atoms with Crippen molar-refractivity contribution in [2.45, 2.75) is 32.2 Å². The van der Waals surface area contributed by atoms with Crippen LogP contribution in [0, 0.1) is 17.5 Å². The molecule has 7 heteroatoms. The summed E-state index contributed by atoms with van der Waals surface area (Å²) in [5, 5.41) is 11.3. The van der Waals surface area contributed by atoms with Gasteiger partial charge in [0.25, 0.3) is 5.91 Å². The van der Waals surface area contributed by atoms with Crippen LogP contribution in [-0.2, 0) is 4.79 Å². The Kier molecular flexibility index (Phi) is 4.75. The zero-order valence-corrected chi connectivity index (χ0v) is 11.0. The van der Waals surface area contributed by atoms with Crippen LogP contribution in [0.1, 0.15) is 37.0 Å². The monoisotopic (exact) mass is 289 g/mol. The Bertz CT molecular complexity index is 542. The molecule has 110 valence electrons. The minimum atomic E-state index is -1.77. The van der Waals surface area contributed by atoms with Gasteiger partial charge in [-0.25, -0.2) is 18.0 Å². The van der Waals surface area contributed by atoms with Gasteiger partial charge in [0.15, 0.2) is 17.5 Å². The van der Waals surface area contributed by atoms with E-state index in [-0.39, 0.29) is 12.8 Å². The number of hydrogen-bond donors (Lipinski definition) is 2. The normalized spacial score (nSPS) is 11.2. The molecule has 1 aromatic rings. The van der Waals surface area contributed by atoms with Gasteiger partial charge in [0.2, 0.25) is 0 Å². The molecular formula is C13H14F3NO3. The first-order valence-electron chi connectivity index (χ1n) is 5.98. The third-order valence-electron chi connectivity index (χ3n) is 3.25. The SMILES string of the molecule is CCC(CC)(NC(=O)c1ccc(F)c(F)c1F)C(=O)O. The lowest BCUT2D eigenvalue weighted by Crippen LogP contribution is -2.53. The molecule has 0 aromatic heterocycles. The molecule has 20 heavy (non-hydrogen) atoms. The molecule has 0 aliphatic carbocycles. The highest BCUT2D eigenvalue weighted by Gasteiger charge is 2.37. The molecule has 0 atom stereocenters. The number of halogens is 3. The van der Waals surface area contributed by atoms with E-state index in [2.05, 4.69) is 5.32 Å².